The van der Waals surface area contributed by atoms with Gasteiger partial charge in [-0.15, -0.1) is 0 Å². The van der Waals surface area contributed by atoms with Gasteiger partial charge in [-0.1, -0.05) is 6.07 Å². The van der Waals surface area contributed by atoms with Crippen LogP contribution in [0.25, 0.3) is 0 Å². The van der Waals surface area contributed by atoms with E-state index in [2.05, 4.69) is 4.99 Å². The molecule has 2 nitrogen and oxygen atoms in total. The molecule has 1 heterocycles. The van der Waals surface area contributed by atoms with E-state index in [0.29, 0.717) is 5.75 Å². The number of phenols is 1. The van der Waals surface area contributed by atoms with E-state index < -0.39 is 0 Å². The maximum atomic E-state index is 9.25. The number of aliphatic imine (C=N–C) groups is 1. The van der Waals surface area contributed by atoms with E-state index in [1.807, 2.05) is 13.0 Å². The zero-order valence-corrected chi connectivity index (χ0v) is 7.04. The number of aromatic hydroxyl groups is 1. The Hall–Kier alpha value is -1.31. The van der Waals surface area contributed by atoms with Crippen molar-refractivity contribution in [3.63, 3.8) is 0 Å². The highest BCUT2D eigenvalue weighted by Gasteiger charge is 2.10. The van der Waals surface area contributed by atoms with Crippen molar-refractivity contribution in [3.05, 3.63) is 29.3 Å². The lowest BCUT2D eigenvalue weighted by Crippen LogP contribution is -2.09. The van der Waals surface area contributed by atoms with Crippen molar-refractivity contribution in [3.8, 4) is 5.75 Å². The van der Waals surface area contributed by atoms with Gasteiger partial charge >= 0.3 is 0 Å². The van der Waals surface area contributed by atoms with Gasteiger partial charge < -0.3 is 5.11 Å². The van der Waals surface area contributed by atoms with Gasteiger partial charge in [0.15, 0.2) is 0 Å². The summed E-state index contributed by atoms with van der Waals surface area (Å²) in [6.45, 7) is 2.86. The number of benzene rings is 1. The van der Waals surface area contributed by atoms with Crippen LogP contribution in [0.15, 0.2) is 23.2 Å². The van der Waals surface area contributed by atoms with Crippen molar-refractivity contribution < 1.29 is 5.11 Å². The normalized spacial score (nSPS) is 15.2. The lowest BCUT2D eigenvalue weighted by molar-refractivity contribution is 0.475. The summed E-state index contributed by atoms with van der Waals surface area (Å²) in [6, 6.07) is 5.49. The first kappa shape index (κ1) is 7.35. The Bertz CT molecular complexity index is 342. The number of nitrogens with zero attached hydrogens (tertiary/aromatic N) is 1. The minimum absolute atomic E-state index is 0.324. The summed E-state index contributed by atoms with van der Waals surface area (Å²) < 4.78 is 0. The molecule has 0 atom stereocenters. The Balaban J connectivity index is 2.58. The molecule has 1 aliphatic rings. The van der Waals surface area contributed by atoms with Crippen LogP contribution in [-0.4, -0.2) is 17.4 Å². The van der Waals surface area contributed by atoms with E-state index in [4.69, 9.17) is 0 Å². The van der Waals surface area contributed by atoms with Gasteiger partial charge in [-0.3, -0.25) is 4.99 Å². The van der Waals surface area contributed by atoms with Crippen LogP contribution in [0.4, 0.5) is 0 Å². The standard InChI is InChI=1S/C10H11NO/c1-7-10-6-9(12)3-2-8(10)4-5-11-7/h2-3,6,12H,4-5H2,1H3. The van der Waals surface area contributed by atoms with Crippen LogP contribution in [0.3, 0.4) is 0 Å². The van der Waals surface area contributed by atoms with E-state index in [-0.39, 0.29) is 0 Å². The second-order valence-electron chi connectivity index (χ2n) is 3.06. The Labute approximate surface area is 71.6 Å². The fourth-order valence-corrected chi connectivity index (χ4v) is 1.55. The van der Waals surface area contributed by atoms with Crippen LogP contribution in [0.5, 0.6) is 5.75 Å². The summed E-state index contributed by atoms with van der Waals surface area (Å²) in [4.78, 5) is 4.32. The number of phenolic OH excluding ortho intramolecular Hbond substituents is 1. The van der Waals surface area contributed by atoms with E-state index in [1.165, 1.54) is 5.56 Å². The lowest BCUT2D eigenvalue weighted by atomic mass is 9.98. The summed E-state index contributed by atoms with van der Waals surface area (Å²) in [5.41, 5.74) is 3.42. The van der Waals surface area contributed by atoms with Crippen molar-refractivity contribution in [2.24, 2.45) is 4.99 Å². The number of rotatable bonds is 0. The van der Waals surface area contributed by atoms with Crippen molar-refractivity contribution in [2.75, 3.05) is 6.54 Å². The molecule has 0 saturated carbocycles. The Morgan fingerprint density at radius 1 is 1.42 bits per heavy atom. The summed E-state index contributed by atoms with van der Waals surface area (Å²) in [6.07, 6.45) is 0.993. The van der Waals surface area contributed by atoms with Crippen molar-refractivity contribution in [1.82, 2.24) is 0 Å². The molecule has 1 aromatic rings. The van der Waals surface area contributed by atoms with Gasteiger partial charge in [0, 0.05) is 17.8 Å². The smallest absolute Gasteiger partial charge is 0.116 e. The highest BCUT2D eigenvalue weighted by molar-refractivity contribution is 6.01. The summed E-state index contributed by atoms with van der Waals surface area (Å²) in [5, 5.41) is 9.25. The van der Waals surface area contributed by atoms with E-state index in [1.54, 1.807) is 12.1 Å². The first-order valence-corrected chi connectivity index (χ1v) is 4.11. The van der Waals surface area contributed by atoms with Crippen LogP contribution in [0.1, 0.15) is 18.1 Å². The first-order valence-electron chi connectivity index (χ1n) is 4.11. The summed E-state index contributed by atoms with van der Waals surface area (Å²) >= 11 is 0. The highest BCUT2D eigenvalue weighted by atomic mass is 16.3. The molecule has 1 aliphatic heterocycles. The molecule has 12 heavy (non-hydrogen) atoms. The number of hydrogen-bond donors (Lipinski definition) is 1. The zero-order chi connectivity index (χ0) is 8.55. The van der Waals surface area contributed by atoms with Gasteiger partial charge in [0.25, 0.3) is 0 Å². The van der Waals surface area contributed by atoms with Gasteiger partial charge in [0.05, 0.1) is 0 Å². The number of fused-ring (bicyclic) bond motifs is 1. The molecule has 0 aliphatic carbocycles. The van der Waals surface area contributed by atoms with Gasteiger partial charge in [-0.2, -0.15) is 0 Å². The first-order chi connectivity index (χ1) is 5.77. The molecule has 0 saturated heterocycles. The van der Waals surface area contributed by atoms with Crippen molar-refractivity contribution in [1.29, 1.82) is 0 Å². The van der Waals surface area contributed by atoms with Crippen LogP contribution in [0, 0.1) is 0 Å². The average Bonchev–Trinajstić information content (AvgIpc) is 2.07. The second-order valence-corrected chi connectivity index (χ2v) is 3.06. The minimum Gasteiger partial charge on any atom is -0.508 e. The Kier molecular flexibility index (Phi) is 1.61. The van der Waals surface area contributed by atoms with E-state index in [0.717, 1.165) is 24.2 Å². The van der Waals surface area contributed by atoms with Crippen LogP contribution in [0.2, 0.25) is 0 Å². The Morgan fingerprint density at radius 3 is 3.08 bits per heavy atom. The SMILES string of the molecule is CC1=NCCc2ccc(O)cc21. The van der Waals surface area contributed by atoms with Crippen molar-refractivity contribution in [2.45, 2.75) is 13.3 Å². The quantitative estimate of drug-likeness (QED) is 0.617. The monoisotopic (exact) mass is 161 g/mol. The summed E-state index contributed by atoms with van der Waals surface area (Å²) in [7, 11) is 0. The van der Waals surface area contributed by atoms with Crippen LogP contribution < -0.4 is 0 Å². The fourth-order valence-electron chi connectivity index (χ4n) is 1.55. The topological polar surface area (TPSA) is 32.6 Å². The predicted molar refractivity (Wildman–Crippen MR) is 48.9 cm³/mol. The molecule has 1 aromatic carbocycles. The van der Waals surface area contributed by atoms with Crippen LogP contribution in [-0.2, 0) is 6.42 Å². The molecular formula is C10H11NO. The van der Waals surface area contributed by atoms with Gasteiger partial charge in [-0.25, -0.2) is 0 Å². The molecule has 1 N–H and O–H groups in total. The lowest BCUT2D eigenvalue weighted by Gasteiger charge is -2.13. The van der Waals surface area contributed by atoms with Gasteiger partial charge in [-0.05, 0) is 31.0 Å². The number of hydrogen-bond acceptors (Lipinski definition) is 2. The molecule has 0 unspecified atom stereocenters. The average molecular weight is 161 g/mol. The molecule has 0 fully saturated rings. The summed E-state index contributed by atoms with van der Waals surface area (Å²) in [5.74, 6) is 0.324. The minimum atomic E-state index is 0.324. The fraction of sp³-hybridized carbons (Fsp3) is 0.300. The zero-order valence-electron chi connectivity index (χ0n) is 7.04. The highest BCUT2D eigenvalue weighted by Crippen LogP contribution is 2.20. The van der Waals surface area contributed by atoms with Gasteiger partial charge in [0.2, 0.25) is 0 Å². The van der Waals surface area contributed by atoms with E-state index >= 15 is 0 Å². The molecule has 2 heteroatoms. The molecule has 0 spiro atoms. The van der Waals surface area contributed by atoms with E-state index in [9.17, 15) is 5.11 Å². The third-order valence-corrected chi connectivity index (χ3v) is 2.21. The molecule has 0 aromatic heterocycles. The third kappa shape index (κ3) is 1.09. The molecule has 0 bridgehead atoms. The molecule has 0 amide bonds. The molecule has 2 rings (SSSR count). The second kappa shape index (κ2) is 2.63. The van der Waals surface area contributed by atoms with Gasteiger partial charge in [0.1, 0.15) is 5.75 Å². The predicted octanol–water partition coefficient (Wildman–Crippen LogP) is 1.76. The molecular weight excluding hydrogens is 150 g/mol. The third-order valence-electron chi connectivity index (χ3n) is 2.21. The Morgan fingerprint density at radius 2 is 2.25 bits per heavy atom. The maximum absolute atomic E-state index is 9.25. The molecule has 0 radical (unpaired) electrons. The maximum Gasteiger partial charge on any atom is 0.116 e. The van der Waals surface area contributed by atoms with Crippen molar-refractivity contribution >= 4 is 5.71 Å². The largest absolute Gasteiger partial charge is 0.508 e. The van der Waals surface area contributed by atoms with Crippen LogP contribution >= 0.6 is 0 Å². The molecule has 62 valence electrons.